The van der Waals surface area contributed by atoms with E-state index in [1.54, 1.807) is 67.5 Å². The van der Waals surface area contributed by atoms with Crippen molar-refractivity contribution < 1.29 is 42.0 Å². The normalized spacial score (nSPS) is 14.5. The van der Waals surface area contributed by atoms with Crippen molar-refractivity contribution in [3.05, 3.63) is 98.7 Å². The lowest BCUT2D eigenvalue weighted by molar-refractivity contribution is -0.170. The first kappa shape index (κ1) is 35.9. The molecule has 4 aromatic rings. The quantitative estimate of drug-likeness (QED) is 0.144. The number of ether oxygens (including phenoxy) is 3. The van der Waals surface area contributed by atoms with Crippen LogP contribution in [0.1, 0.15) is 58.2 Å². The Morgan fingerprint density at radius 2 is 1.78 bits per heavy atom. The standard InChI is InChI=1S/C35H34Cl2N2O9S/c1-19(2)46-35(43)48-20(3)47-34(42)28(15-21-6-5-7-25(14-21)49(4)44)38-32(40)30-27(36)16-24-18-39(12-10-26(24)31(30)37)33(41)23-9-8-22-11-13-45-29(22)17-23/h5-9,11,13-14,16-17,19-20,28H,10,12,15,18H2,1-4H3,(H,38,40)/t20?,28-,49?/m0/s1. The number of nitrogens with zero attached hydrogens (tertiary/aromatic N) is 1. The van der Waals surface area contributed by atoms with Crippen LogP contribution >= 0.6 is 23.2 Å². The summed E-state index contributed by atoms with van der Waals surface area (Å²) in [6.07, 6.45) is 0.569. The van der Waals surface area contributed by atoms with Crippen molar-refractivity contribution in [3.8, 4) is 0 Å². The molecule has 0 saturated heterocycles. The van der Waals surface area contributed by atoms with Crippen molar-refractivity contribution in [1.82, 2.24) is 10.2 Å². The highest BCUT2D eigenvalue weighted by molar-refractivity contribution is 7.84. The lowest BCUT2D eigenvalue weighted by atomic mass is 9.95. The van der Waals surface area contributed by atoms with Gasteiger partial charge in [0.15, 0.2) is 0 Å². The molecule has 1 aliphatic rings. The van der Waals surface area contributed by atoms with Crippen molar-refractivity contribution in [3.63, 3.8) is 0 Å². The van der Waals surface area contributed by atoms with Gasteiger partial charge in [-0.15, -0.1) is 0 Å². The molecule has 5 rings (SSSR count). The van der Waals surface area contributed by atoms with Gasteiger partial charge in [0.2, 0.25) is 6.29 Å². The van der Waals surface area contributed by atoms with Gasteiger partial charge in [0.25, 0.3) is 11.8 Å². The molecule has 14 heteroatoms. The first-order chi connectivity index (χ1) is 23.3. The fourth-order valence-electron chi connectivity index (χ4n) is 5.44. The third-order valence-corrected chi connectivity index (χ3v) is 9.39. The number of furan rings is 1. The second-order valence-electron chi connectivity index (χ2n) is 11.7. The highest BCUT2D eigenvalue weighted by Crippen LogP contribution is 2.35. The van der Waals surface area contributed by atoms with Crippen LogP contribution in [-0.4, -0.2) is 64.3 Å². The van der Waals surface area contributed by atoms with Crippen LogP contribution in [0.2, 0.25) is 10.0 Å². The van der Waals surface area contributed by atoms with E-state index in [-0.39, 0.29) is 34.5 Å². The summed E-state index contributed by atoms with van der Waals surface area (Å²) < 4.78 is 32.8. The van der Waals surface area contributed by atoms with Crippen molar-refractivity contribution in [2.45, 2.75) is 63.5 Å². The number of rotatable bonds is 10. The molecule has 2 unspecified atom stereocenters. The number of nitrogens with one attached hydrogen (secondary N) is 1. The molecule has 0 radical (unpaired) electrons. The van der Waals surface area contributed by atoms with Crippen LogP contribution in [0.3, 0.4) is 0 Å². The van der Waals surface area contributed by atoms with Crippen LogP contribution in [0.25, 0.3) is 11.0 Å². The van der Waals surface area contributed by atoms with E-state index in [2.05, 4.69) is 5.32 Å². The number of fused-ring (bicyclic) bond motifs is 2. The van der Waals surface area contributed by atoms with Crippen LogP contribution in [0.4, 0.5) is 4.79 Å². The molecule has 258 valence electrons. The fourth-order valence-corrected chi connectivity index (χ4v) is 6.79. The number of hydrogen-bond acceptors (Lipinski definition) is 9. The zero-order valence-corrected chi connectivity index (χ0v) is 29.4. The first-order valence-electron chi connectivity index (χ1n) is 15.4. The van der Waals surface area contributed by atoms with E-state index < -0.39 is 47.3 Å². The van der Waals surface area contributed by atoms with E-state index in [4.69, 9.17) is 41.8 Å². The van der Waals surface area contributed by atoms with E-state index in [0.717, 1.165) is 5.39 Å². The highest BCUT2D eigenvalue weighted by atomic mass is 35.5. The molecule has 1 aliphatic heterocycles. The summed E-state index contributed by atoms with van der Waals surface area (Å²) in [6, 6.07) is 14.1. The zero-order valence-electron chi connectivity index (χ0n) is 27.1. The number of amides is 2. The van der Waals surface area contributed by atoms with E-state index >= 15 is 0 Å². The lowest BCUT2D eigenvalue weighted by Gasteiger charge is -2.30. The van der Waals surface area contributed by atoms with Gasteiger partial charge in [0.1, 0.15) is 11.6 Å². The maximum Gasteiger partial charge on any atom is 0.511 e. The lowest BCUT2D eigenvalue weighted by Crippen LogP contribution is -2.45. The minimum absolute atomic E-state index is 0.0242. The van der Waals surface area contributed by atoms with Gasteiger partial charge in [0.05, 0.1) is 28.0 Å². The van der Waals surface area contributed by atoms with Gasteiger partial charge in [-0.3, -0.25) is 13.8 Å². The van der Waals surface area contributed by atoms with E-state index in [1.165, 1.54) is 13.2 Å². The average molecular weight is 730 g/mol. The number of carbonyl (C=O) groups is 4. The van der Waals surface area contributed by atoms with Crippen LogP contribution in [0.5, 0.6) is 0 Å². The Kier molecular flexibility index (Phi) is 11.3. The predicted octanol–water partition coefficient (Wildman–Crippen LogP) is 6.47. The zero-order chi connectivity index (χ0) is 35.4. The number of carbonyl (C=O) groups excluding carboxylic acids is 4. The molecule has 0 spiro atoms. The Labute approximate surface area is 295 Å². The Morgan fingerprint density at radius 1 is 1.00 bits per heavy atom. The smallest absolute Gasteiger partial charge is 0.464 e. The molecule has 2 amide bonds. The third-order valence-electron chi connectivity index (χ3n) is 7.76. The van der Waals surface area contributed by atoms with Crippen LogP contribution in [0, 0.1) is 0 Å². The molecule has 2 heterocycles. The Hall–Kier alpha value is -4.39. The maximum absolute atomic E-state index is 13.8. The van der Waals surface area contributed by atoms with Crippen molar-refractivity contribution in [2.75, 3.05) is 12.8 Å². The molecule has 0 saturated carbocycles. The largest absolute Gasteiger partial charge is 0.511 e. The number of halogens is 2. The Morgan fingerprint density at radius 3 is 2.51 bits per heavy atom. The van der Waals surface area contributed by atoms with Crippen LogP contribution in [-0.2, 0) is 49.2 Å². The van der Waals surface area contributed by atoms with Gasteiger partial charge in [0, 0.05) is 59.3 Å². The van der Waals surface area contributed by atoms with E-state index in [9.17, 15) is 23.4 Å². The summed E-state index contributed by atoms with van der Waals surface area (Å²) in [4.78, 5) is 54.6. The van der Waals surface area contributed by atoms with Crippen LogP contribution in [0.15, 0.2) is 70.2 Å². The summed E-state index contributed by atoms with van der Waals surface area (Å²) in [5.74, 6) is -1.84. The second-order valence-corrected chi connectivity index (χ2v) is 13.9. The monoisotopic (exact) mass is 728 g/mol. The van der Waals surface area contributed by atoms with E-state index in [0.29, 0.717) is 45.7 Å². The third kappa shape index (κ3) is 8.62. The summed E-state index contributed by atoms with van der Waals surface area (Å²) in [7, 11) is -1.29. The molecule has 49 heavy (non-hydrogen) atoms. The molecule has 0 aliphatic carbocycles. The SMILES string of the molecule is CC(C)OC(=O)OC(C)OC(=O)[C@H](Cc1cccc(S(C)=O)c1)NC(=O)c1c(Cl)cc2c(c1Cl)CCN(C(=O)c1ccc3ccoc3c1)C2. The van der Waals surface area contributed by atoms with Gasteiger partial charge in [-0.25, -0.2) is 9.59 Å². The van der Waals surface area contributed by atoms with Crippen molar-refractivity contribution in [1.29, 1.82) is 0 Å². The molecule has 11 nitrogen and oxygen atoms in total. The molecule has 0 fully saturated rings. The Balaban J connectivity index is 1.35. The summed E-state index contributed by atoms with van der Waals surface area (Å²) in [6.45, 7) is 5.16. The number of esters is 1. The highest BCUT2D eigenvalue weighted by Gasteiger charge is 2.31. The molecule has 3 aromatic carbocycles. The van der Waals surface area contributed by atoms with Gasteiger partial charge in [-0.1, -0.05) is 41.4 Å². The topological polar surface area (TPSA) is 141 Å². The summed E-state index contributed by atoms with van der Waals surface area (Å²) in [5, 5.41) is 3.69. The minimum atomic E-state index is -1.34. The van der Waals surface area contributed by atoms with Crippen LogP contribution < -0.4 is 5.32 Å². The predicted molar refractivity (Wildman–Crippen MR) is 183 cm³/mol. The Bertz CT molecular complexity index is 1940. The molecular formula is C35H34Cl2N2O9S. The maximum atomic E-state index is 13.8. The molecular weight excluding hydrogens is 695 g/mol. The van der Waals surface area contributed by atoms with Gasteiger partial charge in [-0.2, -0.15) is 0 Å². The first-order valence-corrected chi connectivity index (χ1v) is 17.7. The number of hydrogen-bond donors (Lipinski definition) is 1. The van der Waals surface area contributed by atoms with Crippen molar-refractivity contribution >= 4 is 68.9 Å². The molecule has 1 aromatic heterocycles. The van der Waals surface area contributed by atoms with E-state index in [1.807, 2.05) is 12.1 Å². The minimum Gasteiger partial charge on any atom is -0.464 e. The summed E-state index contributed by atoms with van der Waals surface area (Å²) >= 11 is 13.4. The molecule has 0 bridgehead atoms. The number of benzene rings is 3. The molecule has 1 N–H and O–H groups in total. The average Bonchev–Trinajstić information content (AvgIpc) is 3.51. The van der Waals surface area contributed by atoms with Crippen molar-refractivity contribution in [2.24, 2.45) is 0 Å². The molecule has 3 atom stereocenters. The van der Waals surface area contributed by atoms with Gasteiger partial charge >= 0.3 is 12.1 Å². The second kappa shape index (κ2) is 15.4. The van der Waals surface area contributed by atoms with Gasteiger partial charge in [-0.05, 0) is 73.4 Å². The summed E-state index contributed by atoms with van der Waals surface area (Å²) in [5.41, 5.74) is 2.96. The fraction of sp³-hybridized carbons (Fsp3) is 0.314. The van der Waals surface area contributed by atoms with Gasteiger partial charge < -0.3 is 28.8 Å².